The van der Waals surface area contributed by atoms with Crippen molar-refractivity contribution in [2.24, 2.45) is 0 Å². The number of rotatable bonds is 2. The molecule has 0 saturated carbocycles. The largest absolute Gasteiger partial charge is 0.493 e. The van der Waals surface area contributed by atoms with Crippen LogP contribution in [-0.2, 0) is 0 Å². The molecular weight excluding hydrogens is 232 g/mol. The molecule has 18 heavy (non-hydrogen) atoms. The average molecular weight is 244 g/mol. The van der Waals surface area contributed by atoms with E-state index in [-0.39, 0.29) is 0 Å². The zero-order valence-corrected chi connectivity index (χ0v) is 9.92. The lowest BCUT2D eigenvalue weighted by Crippen LogP contribution is -2.15. The van der Waals surface area contributed by atoms with Crippen LogP contribution < -0.4 is 14.2 Å². The number of nitrogens with zero attached hydrogens (tertiary/aromatic N) is 2. The van der Waals surface area contributed by atoms with Crippen LogP contribution in [0.25, 0.3) is 11.3 Å². The van der Waals surface area contributed by atoms with E-state index in [9.17, 15) is 0 Å². The normalized spacial score (nSPS) is 13.2. The van der Waals surface area contributed by atoms with Crippen molar-refractivity contribution in [1.82, 2.24) is 9.97 Å². The molecule has 2 heterocycles. The van der Waals surface area contributed by atoms with Crippen molar-refractivity contribution in [3.8, 4) is 28.5 Å². The molecule has 0 fully saturated rings. The van der Waals surface area contributed by atoms with Gasteiger partial charge in [-0.1, -0.05) is 0 Å². The van der Waals surface area contributed by atoms with Gasteiger partial charge in [-0.25, -0.2) is 9.97 Å². The van der Waals surface area contributed by atoms with Crippen molar-refractivity contribution in [2.75, 3.05) is 20.3 Å². The summed E-state index contributed by atoms with van der Waals surface area (Å²) in [4.78, 5) is 8.17. The third-order valence-electron chi connectivity index (χ3n) is 2.71. The highest BCUT2D eigenvalue weighted by Gasteiger charge is 2.14. The van der Waals surface area contributed by atoms with E-state index >= 15 is 0 Å². The van der Waals surface area contributed by atoms with E-state index in [0.717, 1.165) is 22.8 Å². The molecular formula is C13H12N2O3. The highest BCUT2D eigenvalue weighted by molar-refractivity contribution is 5.68. The predicted octanol–water partition coefficient (Wildman–Crippen LogP) is 1.92. The Hall–Kier alpha value is -2.30. The number of hydrogen-bond donors (Lipinski definition) is 0. The molecule has 0 unspecified atom stereocenters. The van der Waals surface area contributed by atoms with Crippen LogP contribution in [0.1, 0.15) is 0 Å². The summed E-state index contributed by atoms with van der Waals surface area (Å²) in [5.74, 6) is 2.13. The van der Waals surface area contributed by atoms with Crippen LogP contribution in [0.15, 0.2) is 30.7 Å². The standard InChI is InChI=1S/C13H12N2O3/c1-16-12-7-14-8-15-13(12)9-2-3-10-11(6-9)18-5-4-17-10/h2-3,6-8H,4-5H2,1H3. The molecule has 5 nitrogen and oxygen atoms in total. The van der Waals surface area contributed by atoms with E-state index in [1.54, 1.807) is 13.3 Å². The molecule has 0 N–H and O–H groups in total. The molecule has 1 aromatic carbocycles. The number of fused-ring (bicyclic) bond motifs is 1. The first-order valence-electron chi connectivity index (χ1n) is 5.62. The molecule has 1 aliphatic heterocycles. The van der Waals surface area contributed by atoms with Crippen molar-refractivity contribution in [3.63, 3.8) is 0 Å². The molecule has 1 aliphatic rings. The van der Waals surface area contributed by atoms with Crippen LogP contribution in [-0.4, -0.2) is 30.3 Å². The number of hydrogen-bond acceptors (Lipinski definition) is 5. The summed E-state index contributed by atoms with van der Waals surface area (Å²) in [6.45, 7) is 1.15. The Labute approximate surface area is 104 Å². The predicted molar refractivity (Wildman–Crippen MR) is 65.0 cm³/mol. The van der Waals surface area contributed by atoms with Crippen molar-refractivity contribution in [3.05, 3.63) is 30.7 Å². The number of benzene rings is 1. The van der Waals surface area contributed by atoms with E-state index in [1.807, 2.05) is 18.2 Å². The molecule has 0 amide bonds. The van der Waals surface area contributed by atoms with Crippen LogP contribution >= 0.6 is 0 Å². The maximum absolute atomic E-state index is 5.55. The maximum Gasteiger partial charge on any atom is 0.163 e. The molecule has 2 aromatic rings. The van der Waals surface area contributed by atoms with E-state index in [4.69, 9.17) is 14.2 Å². The summed E-state index contributed by atoms with van der Waals surface area (Å²) in [6.07, 6.45) is 3.13. The first kappa shape index (κ1) is 10.8. The summed E-state index contributed by atoms with van der Waals surface area (Å²) >= 11 is 0. The molecule has 0 bridgehead atoms. The Balaban J connectivity index is 2.06. The van der Waals surface area contributed by atoms with Gasteiger partial charge >= 0.3 is 0 Å². The van der Waals surface area contributed by atoms with Gasteiger partial charge in [0.05, 0.1) is 13.3 Å². The highest BCUT2D eigenvalue weighted by Crippen LogP contribution is 2.36. The fraction of sp³-hybridized carbons (Fsp3) is 0.231. The zero-order chi connectivity index (χ0) is 12.4. The molecule has 3 rings (SSSR count). The van der Waals surface area contributed by atoms with Gasteiger partial charge in [-0.05, 0) is 18.2 Å². The van der Waals surface area contributed by atoms with Gasteiger partial charge in [0.1, 0.15) is 25.2 Å². The minimum absolute atomic E-state index is 0.567. The van der Waals surface area contributed by atoms with Crippen molar-refractivity contribution in [1.29, 1.82) is 0 Å². The lowest BCUT2D eigenvalue weighted by molar-refractivity contribution is 0.171. The lowest BCUT2D eigenvalue weighted by Gasteiger charge is -2.19. The summed E-state index contributed by atoms with van der Waals surface area (Å²) in [5, 5.41) is 0. The molecule has 92 valence electrons. The summed E-state index contributed by atoms with van der Waals surface area (Å²) < 4.78 is 16.3. The maximum atomic E-state index is 5.55. The van der Waals surface area contributed by atoms with E-state index < -0.39 is 0 Å². The quantitative estimate of drug-likeness (QED) is 0.807. The number of ether oxygens (including phenoxy) is 3. The van der Waals surface area contributed by atoms with Gasteiger partial charge in [-0.3, -0.25) is 0 Å². The summed E-state index contributed by atoms with van der Waals surface area (Å²) in [5.41, 5.74) is 1.66. The number of aromatic nitrogens is 2. The first-order chi connectivity index (χ1) is 8.88. The fourth-order valence-electron chi connectivity index (χ4n) is 1.87. The summed E-state index contributed by atoms with van der Waals surface area (Å²) in [7, 11) is 1.60. The zero-order valence-electron chi connectivity index (χ0n) is 9.92. The second kappa shape index (κ2) is 4.52. The SMILES string of the molecule is COc1cncnc1-c1ccc2c(c1)OCCO2. The Bertz CT molecular complexity index is 572. The average Bonchev–Trinajstić information content (AvgIpc) is 2.46. The van der Waals surface area contributed by atoms with Crippen LogP contribution in [0.5, 0.6) is 17.2 Å². The minimum atomic E-state index is 0.567. The second-order valence-corrected chi connectivity index (χ2v) is 3.80. The van der Waals surface area contributed by atoms with Crippen molar-refractivity contribution >= 4 is 0 Å². The third kappa shape index (κ3) is 1.84. The lowest BCUT2D eigenvalue weighted by atomic mass is 10.1. The Morgan fingerprint density at radius 1 is 1.17 bits per heavy atom. The van der Waals surface area contributed by atoms with Gasteiger partial charge < -0.3 is 14.2 Å². The summed E-state index contributed by atoms with van der Waals surface area (Å²) in [6, 6.07) is 5.71. The Morgan fingerprint density at radius 3 is 2.83 bits per heavy atom. The van der Waals surface area contributed by atoms with E-state index in [1.165, 1.54) is 6.33 Å². The molecule has 1 aromatic heterocycles. The van der Waals surface area contributed by atoms with Gasteiger partial charge in [-0.15, -0.1) is 0 Å². The van der Waals surface area contributed by atoms with Crippen LogP contribution in [0.4, 0.5) is 0 Å². The Kier molecular flexibility index (Phi) is 2.72. The van der Waals surface area contributed by atoms with Crippen molar-refractivity contribution < 1.29 is 14.2 Å². The van der Waals surface area contributed by atoms with E-state index in [2.05, 4.69) is 9.97 Å². The van der Waals surface area contributed by atoms with Gasteiger partial charge in [0.15, 0.2) is 17.2 Å². The van der Waals surface area contributed by atoms with Crippen LogP contribution in [0, 0.1) is 0 Å². The Morgan fingerprint density at radius 2 is 2.00 bits per heavy atom. The molecule has 5 heteroatoms. The first-order valence-corrected chi connectivity index (χ1v) is 5.62. The smallest absolute Gasteiger partial charge is 0.163 e. The van der Waals surface area contributed by atoms with Crippen LogP contribution in [0.2, 0.25) is 0 Å². The fourth-order valence-corrected chi connectivity index (χ4v) is 1.87. The van der Waals surface area contributed by atoms with Gasteiger partial charge in [-0.2, -0.15) is 0 Å². The van der Waals surface area contributed by atoms with Gasteiger partial charge in [0.25, 0.3) is 0 Å². The van der Waals surface area contributed by atoms with Crippen LogP contribution in [0.3, 0.4) is 0 Å². The molecule has 0 aliphatic carbocycles. The monoisotopic (exact) mass is 244 g/mol. The molecule has 0 saturated heterocycles. The van der Waals surface area contributed by atoms with E-state index in [0.29, 0.717) is 19.0 Å². The van der Waals surface area contributed by atoms with Gasteiger partial charge in [0.2, 0.25) is 0 Å². The van der Waals surface area contributed by atoms with Crippen molar-refractivity contribution in [2.45, 2.75) is 0 Å². The third-order valence-corrected chi connectivity index (χ3v) is 2.71. The topological polar surface area (TPSA) is 53.5 Å². The minimum Gasteiger partial charge on any atom is -0.493 e. The molecule has 0 atom stereocenters. The molecule has 0 radical (unpaired) electrons. The highest BCUT2D eigenvalue weighted by atomic mass is 16.6. The van der Waals surface area contributed by atoms with Gasteiger partial charge in [0, 0.05) is 5.56 Å². The molecule has 0 spiro atoms. The number of methoxy groups -OCH3 is 1. The second-order valence-electron chi connectivity index (χ2n) is 3.80.